The molecule has 1 aliphatic rings. The SMILES string of the molecule is CC(N)CCC(=O)NCCCC1CCCCC1.Cl. The smallest absolute Gasteiger partial charge is 0.220 e. The lowest BCUT2D eigenvalue weighted by molar-refractivity contribution is -0.121. The van der Waals surface area contributed by atoms with Gasteiger partial charge < -0.3 is 11.1 Å². The van der Waals surface area contributed by atoms with Gasteiger partial charge in [0.25, 0.3) is 0 Å². The molecule has 0 spiro atoms. The molecule has 0 aromatic rings. The van der Waals surface area contributed by atoms with Crippen LogP contribution in [0.5, 0.6) is 0 Å². The molecule has 0 saturated heterocycles. The molecule has 1 atom stereocenters. The molecule has 0 aliphatic heterocycles. The fourth-order valence-electron chi connectivity index (χ4n) is 2.54. The second-order valence-corrected chi connectivity index (χ2v) is 5.51. The Morgan fingerprint density at radius 3 is 2.61 bits per heavy atom. The molecule has 108 valence electrons. The van der Waals surface area contributed by atoms with E-state index in [4.69, 9.17) is 5.73 Å². The maximum atomic E-state index is 11.4. The van der Waals surface area contributed by atoms with Crippen LogP contribution < -0.4 is 11.1 Å². The van der Waals surface area contributed by atoms with Crippen LogP contribution in [0.3, 0.4) is 0 Å². The van der Waals surface area contributed by atoms with Crippen LogP contribution in [0.2, 0.25) is 0 Å². The Morgan fingerprint density at radius 1 is 1.33 bits per heavy atom. The monoisotopic (exact) mass is 276 g/mol. The van der Waals surface area contributed by atoms with Crippen LogP contribution in [0, 0.1) is 5.92 Å². The average Bonchev–Trinajstić information content (AvgIpc) is 2.33. The first-order valence-electron chi connectivity index (χ1n) is 7.20. The minimum atomic E-state index is 0. The van der Waals surface area contributed by atoms with Gasteiger partial charge in [0.15, 0.2) is 0 Å². The minimum Gasteiger partial charge on any atom is -0.356 e. The van der Waals surface area contributed by atoms with E-state index in [0.717, 1.165) is 25.3 Å². The summed E-state index contributed by atoms with van der Waals surface area (Å²) >= 11 is 0. The summed E-state index contributed by atoms with van der Waals surface area (Å²) in [5.74, 6) is 1.08. The number of hydrogen-bond acceptors (Lipinski definition) is 2. The molecule has 1 aliphatic carbocycles. The highest BCUT2D eigenvalue weighted by Gasteiger charge is 2.12. The molecule has 0 bridgehead atoms. The number of halogens is 1. The maximum Gasteiger partial charge on any atom is 0.220 e. The van der Waals surface area contributed by atoms with E-state index < -0.39 is 0 Å². The number of hydrogen-bond donors (Lipinski definition) is 2. The van der Waals surface area contributed by atoms with E-state index in [1.54, 1.807) is 0 Å². The Morgan fingerprint density at radius 2 is 2.00 bits per heavy atom. The Balaban J connectivity index is 0.00000289. The topological polar surface area (TPSA) is 55.1 Å². The Bertz CT molecular complexity index is 216. The fraction of sp³-hybridized carbons (Fsp3) is 0.929. The lowest BCUT2D eigenvalue weighted by Gasteiger charge is -2.21. The molecule has 1 unspecified atom stereocenters. The predicted octanol–water partition coefficient (Wildman–Crippen LogP) is 3.01. The van der Waals surface area contributed by atoms with E-state index in [-0.39, 0.29) is 24.4 Å². The zero-order valence-electron chi connectivity index (χ0n) is 11.6. The van der Waals surface area contributed by atoms with Gasteiger partial charge in [0.1, 0.15) is 0 Å². The minimum absolute atomic E-state index is 0. The fourth-order valence-corrected chi connectivity index (χ4v) is 2.54. The Hall–Kier alpha value is -0.280. The van der Waals surface area contributed by atoms with Crippen molar-refractivity contribution in [2.24, 2.45) is 11.7 Å². The molecule has 0 radical (unpaired) electrons. The quantitative estimate of drug-likeness (QED) is 0.703. The molecule has 1 rings (SSSR count). The van der Waals surface area contributed by atoms with Crippen molar-refractivity contribution in [1.29, 1.82) is 0 Å². The van der Waals surface area contributed by atoms with Gasteiger partial charge in [0.05, 0.1) is 0 Å². The molecule has 4 heteroatoms. The molecular formula is C14H29ClN2O. The molecule has 0 aromatic heterocycles. The summed E-state index contributed by atoms with van der Waals surface area (Å²) in [4.78, 5) is 11.4. The van der Waals surface area contributed by atoms with E-state index in [1.165, 1.54) is 38.5 Å². The van der Waals surface area contributed by atoms with Gasteiger partial charge in [-0.25, -0.2) is 0 Å². The highest BCUT2D eigenvalue weighted by molar-refractivity contribution is 5.85. The first kappa shape index (κ1) is 17.7. The third kappa shape index (κ3) is 8.76. The summed E-state index contributed by atoms with van der Waals surface area (Å²) in [6, 6.07) is 0.128. The van der Waals surface area contributed by atoms with Crippen molar-refractivity contribution in [1.82, 2.24) is 5.32 Å². The molecular weight excluding hydrogens is 248 g/mol. The zero-order valence-corrected chi connectivity index (χ0v) is 12.4. The van der Waals surface area contributed by atoms with Gasteiger partial charge in [-0.1, -0.05) is 32.1 Å². The van der Waals surface area contributed by atoms with Crippen molar-refractivity contribution < 1.29 is 4.79 Å². The summed E-state index contributed by atoms with van der Waals surface area (Å²) in [6.07, 6.45) is 10.8. The van der Waals surface area contributed by atoms with Crippen molar-refractivity contribution in [3.63, 3.8) is 0 Å². The van der Waals surface area contributed by atoms with E-state index in [9.17, 15) is 4.79 Å². The van der Waals surface area contributed by atoms with Crippen LogP contribution in [-0.2, 0) is 4.79 Å². The molecule has 18 heavy (non-hydrogen) atoms. The van der Waals surface area contributed by atoms with Crippen molar-refractivity contribution >= 4 is 18.3 Å². The standard InChI is InChI=1S/C14H28N2O.ClH/c1-12(15)9-10-14(17)16-11-5-8-13-6-3-2-4-7-13;/h12-13H,2-11,15H2,1H3,(H,16,17);1H. The molecule has 3 N–H and O–H groups in total. The van der Waals surface area contributed by atoms with Crippen molar-refractivity contribution in [2.45, 2.75) is 70.8 Å². The third-order valence-electron chi connectivity index (χ3n) is 3.66. The van der Waals surface area contributed by atoms with Crippen molar-refractivity contribution in [3.8, 4) is 0 Å². The molecule has 1 amide bonds. The maximum absolute atomic E-state index is 11.4. The van der Waals surface area contributed by atoms with Crippen LogP contribution >= 0.6 is 12.4 Å². The largest absolute Gasteiger partial charge is 0.356 e. The molecule has 1 saturated carbocycles. The number of carbonyl (C=O) groups is 1. The second kappa shape index (κ2) is 10.6. The average molecular weight is 277 g/mol. The summed E-state index contributed by atoms with van der Waals surface area (Å²) in [5.41, 5.74) is 5.61. The van der Waals surface area contributed by atoms with Gasteiger partial charge in [-0.3, -0.25) is 4.79 Å². The van der Waals surface area contributed by atoms with Gasteiger partial charge in [-0.2, -0.15) is 0 Å². The van der Waals surface area contributed by atoms with Crippen LogP contribution in [0.15, 0.2) is 0 Å². The summed E-state index contributed by atoms with van der Waals surface area (Å²) in [7, 11) is 0. The summed E-state index contributed by atoms with van der Waals surface area (Å²) < 4.78 is 0. The van der Waals surface area contributed by atoms with Gasteiger partial charge in [0, 0.05) is 19.0 Å². The van der Waals surface area contributed by atoms with E-state index >= 15 is 0 Å². The second-order valence-electron chi connectivity index (χ2n) is 5.51. The first-order chi connectivity index (χ1) is 8.18. The highest BCUT2D eigenvalue weighted by Crippen LogP contribution is 2.26. The zero-order chi connectivity index (χ0) is 12.5. The molecule has 1 fully saturated rings. The number of amides is 1. The van der Waals surface area contributed by atoms with E-state index in [1.807, 2.05) is 6.92 Å². The van der Waals surface area contributed by atoms with Gasteiger partial charge >= 0.3 is 0 Å². The van der Waals surface area contributed by atoms with Crippen molar-refractivity contribution in [2.75, 3.05) is 6.54 Å². The highest BCUT2D eigenvalue weighted by atomic mass is 35.5. The van der Waals surface area contributed by atoms with E-state index in [0.29, 0.717) is 6.42 Å². The number of rotatable bonds is 7. The van der Waals surface area contributed by atoms with Crippen LogP contribution in [0.4, 0.5) is 0 Å². The first-order valence-corrected chi connectivity index (χ1v) is 7.20. The predicted molar refractivity (Wildman–Crippen MR) is 79.0 cm³/mol. The molecule has 0 heterocycles. The van der Waals surface area contributed by atoms with Gasteiger partial charge in [-0.15, -0.1) is 12.4 Å². The summed E-state index contributed by atoms with van der Waals surface area (Å²) in [6.45, 7) is 2.78. The van der Waals surface area contributed by atoms with Crippen molar-refractivity contribution in [3.05, 3.63) is 0 Å². The summed E-state index contributed by atoms with van der Waals surface area (Å²) in [5, 5.41) is 2.98. The molecule has 0 aromatic carbocycles. The van der Waals surface area contributed by atoms with Crippen LogP contribution in [-0.4, -0.2) is 18.5 Å². The Labute approximate surface area is 118 Å². The van der Waals surface area contributed by atoms with E-state index in [2.05, 4.69) is 5.32 Å². The lowest BCUT2D eigenvalue weighted by atomic mass is 9.86. The number of carbonyl (C=O) groups excluding carboxylic acids is 1. The van der Waals surface area contributed by atoms with Gasteiger partial charge in [0.2, 0.25) is 5.91 Å². The van der Waals surface area contributed by atoms with Crippen LogP contribution in [0.1, 0.15) is 64.7 Å². The number of nitrogens with two attached hydrogens (primary N) is 1. The lowest BCUT2D eigenvalue weighted by Crippen LogP contribution is -2.27. The third-order valence-corrected chi connectivity index (χ3v) is 3.66. The normalized spacial score (nSPS) is 17.9. The van der Waals surface area contributed by atoms with Crippen LogP contribution in [0.25, 0.3) is 0 Å². The Kier molecular flexibility index (Phi) is 10.5. The van der Waals surface area contributed by atoms with Gasteiger partial charge in [-0.05, 0) is 32.1 Å². The number of nitrogens with one attached hydrogen (secondary N) is 1. The molecule has 3 nitrogen and oxygen atoms in total.